The zero-order chi connectivity index (χ0) is 41.2. The minimum atomic E-state index is -0.503. The van der Waals surface area contributed by atoms with Crippen molar-refractivity contribution in [2.75, 3.05) is 51.0 Å². The summed E-state index contributed by atoms with van der Waals surface area (Å²) in [5.74, 6) is -0.0865. The van der Waals surface area contributed by atoms with Gasteiger partial charge in [-0.2, -0.15) is 0 Å². The third-order valence-corrected chi connectivity index (χ3v) is 11.1. The number of ketones is 1. The summed E-state index contributed by atoms with van der Waals surface area (Å²) in [7, 11) is 0. The van der Waals surface area contributed by atoms with Crippen LogP contribution in [0, 0.1) is 11.8 Å². The Bertz CT molecular complexity index is 1750. The number of aromatic nitrogens is 1. The maximum absolute atomic E-state index is 13.8. The van der Waals surface area contributed by atoms with Crippen LogP contribution in [0.5, 0.6) is 0 Å². The first-order chi connectivity index (χ1) is 27.4. The molecule has 57 heavy (non-hydrogen) atoms. The number of Topliss-reactive ketones (excluding diaryl/α,β-unsaturated/α-hetero) is 1. The van der Waals surface area contributed by atoms with E-state index >= 15 is 0 Å². The zero-order valence-corrected chi connectivity index (χ0v) is 35.5. The number of aryl methyl sites for hydroxylation is 1. The SMILES string of the molecule is CCc1cccc(N(CC)C(=O)Cn2c(C(=O)CC3CCC(C(=O)NCCCCCC(=O)NCCOCCOCCC(=O)OC(C)(C)C)CC3)cc3sccc32)c1. The summed E-state index contributed by atoms with van der Waals surface area (Å²) in [5.41, 5.74) is 3.04. The molecule has 2 aromatic heterocycles. The van der Waals surface area contributed by atoms with Crippen molar-refractivity contribution in [3.05, 3.63) is 53.0 Å². The number of carbonyl (C=O) groups is 5. The average Bonchev–Trinajstić information content (AvgIpc) is 3.78. The summed E-state index contributed by atoms with van der Waals surface area (Å²) in [4.78, 5) is 65.9. The van der Waals surface area contributed by atoms with Crippen LogP contribution in [-0.2, 0) is 46.4 Å². The van der Waals surface area contributed by atoms with Gasteiger partial charge in [-0.15, -0.1) is 11.3 Å². The standard InChI is InChI=1S/C44H64N4O8S/c1-6-32-12-11-13-35(28-32)47(7-2)41(51)31-48-36-20-27-57-39(36)30-37(48)38(49)29-33-15-17-34(18-16-33)43(53)46-21-10-8-9-14-40(50)45-22-24-55-26-25-54-23-19-42(52)56-44(3,4)5/h11-13,20,27-28,30,33-34H,6-10,14-19,21-26,29,31H2,1-5H3,(H,45,50)(H,46,53). The molecule has 0 spiro atoms. The summed E-state index contributed by atoms with van der Waals surface area (Å²) in [6, 6.07) is 12.0. The van der Waals surface area contributed by atoms with Gasteiger partial charge in [-0.05, 0) is 114 Å². The van der Waals surface area contributed by atoms with Gasteiger partial charge in [0.2, 0.25) is 17.7 Å². The van der Waals surface area contributed by atoms with Crippen molar-refractivity contribution in [1.29, 1.82) is 0 Å². The highest BCUT2D eigenvalue weighted by atomic mass is 32.1. The van der Waals surface area contributed by atoms with Gasteiger partial charge in [0.15, 0.2) is 5.78 Å². The van der Waals surface area contributed by atoms with Crippen molar-refractivity contribution in [3.63, 3.8) is 0 Å². The quantitative estimate of drug-likeness (QED) is 0.0547. The number of hydrogen-bond acceptors (Lipinski definition) is 9. The highest BCUT2D eigenvalue weighted by Crippen LogP contribution is 2.33. The van der Waals surface area contributed by atoms with Crippen LogP contribution in [-0.4, -0.2) is 85.7 Å². The van der Waals surface area contributed by atoms with Gasteiger partial charge in [0.1, 0.15) is 12.1 Å². The fourth-order valence-electron chi connectivity index (χ4n) is 7.21. The molecule has 1 fully saturated rings. The molecular weight excluding hydrogens is 745 g/mol. The van der Waals surface area contributed by atoms with Crippen LogP contribution >= 0.6 is 11.3 Å². The molecule has 0 aliphatic heterocycles. The van der Waals surface area contributed by atoms with Crippen molar-refractivity contribution in [2.45, 2.75) is 117 Å². The first-order valence-corrected chi connectivity index (χ1v) is 21.7. The normalized spacial score (nSPS) is 15.7. The molecule has 0 unspecified atom stereocenters. The lowest BCUT2D eigenvalue weighted by Gasteiger charge is -2.27. The number of anilines is 1. The number of carbonyl (C=O) groups excluding carboxylic acids is 5. The number of ether oxygens (including phenoxy) is 3. The summed E-state index contributed by atoms with van der Waals surface area (Å²) in [5, 5.41) is 7.93. The molecule has 13 heteroatoms. The smallest absolute Gasteiger partial charge is 0.308 e. The Hall–Kier alpha value is -4.07. The molecule has 314 valence electrons. The average molecular weight is 809 g/mol. The van der Waals surface area contributed by atoms with E-state index in [1.165, 1.54) is 5.56 Å². The van der Waals surface area contributed by atoms with Gasteiger partial charge in [0.25, 0.3) is 0 Å². The van der Waals surface area contributed by atoms with E-state index in [0.717, 1.165) is 67.3 Å². The van der Waals surface area contributed by atoms with Crippen molar-refractivity contribution >= 4 is 56.7 Å². The van der Waals surface area contributed by atoms with Crippen LogP contribution < -0.4 is 15.5 Å². The molecule has 2 N–H and O–H groups in total. The van der Waals surface area contributed by atoms with Crippen molar-refractivity contribution in [1.82, 2.24) is 15.2 Å². The second-order valence-electron chi connectivity index (χ2n) is 15.8. The third-order valence-electron chi connectivity index (χ3n) is 10.2. The van der Waals surface area contributed by atoms with E-state index in [4.69, 9.17) is 14.2 Å². The maximum Gasteiger partial charge on any atom is 0.308 e. The summed E-state index contributed by atoms with van der Waals surface area (Å²) in [6.07, 6.45) is 7.46. The number of rotatable bonds is 24. The van der Waals surface area contributed by atoms with Crippen LogP contribution in [0.1, 0.15) is 115 Å². The Morgan fingerprint density at radius 2 is 1.61 bits per heavy atom. The van der Waals surface area contributed by atoms with E-state index in [-0.39, 0.29) is 60.9 Å². The molecule has 1 aromatic carbocycles. The molecule has 3 amide bonds. The van der Waals surface area contributed by atoms with Gasteiger partial charge in [0, 0.05) is 44.1 Å². The predicted molar refractivity (Wildman–Crippen MR) is 225 cm³/mol. The number of nitrogens with zero attached hydrogens (tertiary/aromatic N) is 2. The molecule has 1 saturated carbocycles. The lowest BCUT2D eigenvalue weighted by molar-refractivity contribution is -0.156. The number of benzene rings is 1. The molecule has 12 nitrogen and oxygen atoms in total. The van der Waals surface area contributed by atoms with Gasteiger partial charge in [0.05, 0.1) is 48.8 Å². The molecule has 4 rings (SSSR count). The molecule has 0 radical (unpaired) electrons. The lowest BCUT2D eigenvalue weighted by atomic mass is 9.79. The zero-order valence-electron chi connectivity index (χ0n) is 34.7. The summed E-state index contributed by atoms with van der Waals surface area (Å²) in [6.45, 7) is 12.6. The minimum absolute atomic E-state index is 0.0235. The number of amides is 3. The highest BCUT2D eigenvalue weighted by Gasteiger charge is 2.29. The molecule has 1 aliphatic carbocycles. The third kappa shape index (κ3) is 15.3. The lowest BCUT2D eigenvalue weighted by Crippen LogP contribution is -2.35. The Balaban J connectivity index is 1.07. The Morgan fingerprint density at radius 1 is 0.860 bits per heavy atom. The fourth-order valence-corrected chi connectivity index (χ4v) is 8.03. The Morgan fingerprint density at radius 3 is 2.33 bits per heavy atom. The van der Waals surface area contributed by atoms with E-state index in [0.29, 0.717) is 58.0 Å². The number of unbranched alkanes of at least 4 members (excludes halogenated alkanes) is 2. The first kappa shape index (κ1) is 45.6. The van der Waals surface area contributed by atoms with Crippen molar-refractivity contribution in [2.24, 2.45) is 11.8 Å². The maximum atomic E-state index is 13.8. The minimum Gasteiger partial charge on any atom is -0.460 e. The second kappa shape index (κ2) is 23.4. The number of likely N-dealkylation sites (N-methyl/N-ethyl adjacent to an activating group) is 1. The molecule has 0 atom stereocenters. The molecule has 1 aliphatic rings. The molecule has 3 aromatic rings. The van der Waals surface area contributed by atoms with Crippen molar-refractivity contribution in [3.8, 4) is 0 Å². The highest BCUT2D eigenvalue weighted by molar-refractivity contribution is 7.17. The predicted octanol–water partition coefficient (Wildman–Crippen LogP) is 7.26. The van der Waals surface area contributed by atoms with Crippen LogP contribution in [0.2, 0.25) is 0 Å². The first-order valence-electron chi connectivity index (χ1n) is 20.8. The van der Waals surface area contributed by atoms with Crippen molar-refractivity contribution < 1.29 is 38.2 Å². The Kier molecular flexibility index (Phi) is 18.7. The van der Waals surface area contributed by atoms with Gasteiger partial charge in [-0.3, -0.25) is 24.0 Å². The van der Waals surface area contributed by atoms with Gasteiger partial charge in [-0.1, -0.05) is 25.5 Å². The monoisotopic (exact) mass is 808 g/mol. The number of nitrogens with one attached hydrogen (secondary N) is 2. The van der Waals surface area contributed by atoms with Crippen LogP contribution in [0.3, 0.4) is 0 Å². The van der Waals surface area contributed by atoms with Gasteiger partial charge in [-0.25, -0.2) is 0 Å². The van der Waals surface area contributed by atoms with E-state index in [1.807, 2.05) is 61.9 Å². The number of thiophene rings is 1. The van der Waals surface area contributed by atoms with Crippen LogP contribution in [0.15, 0.2) is 41.8 Å². The summed E-state index contributed by atoms with van der Waals surface area (Å²) >= 11 is 1.57. The topological polar surface area (TPSA) is 145 Å². The number of esters is 1. The van der Waals surface area contributed by atoms with E-state index in [9.17, 15) is 24.0 Å². The fraction of sp³-hybridized carbons (Fsp3) is 0.614. The number of hydrogen-bond donors (Lipinski definition) is 2. The second-order valence-corrected chi connectivity index (χ2v) is 16.8. The van der Waals surface area contributed by atoms with E-state index in [1.54, 1.807) is 16.2 Å². The van der Waals surface area contributed by atoms with Gasteiger partial charge >= 0.3 is 5.97 Å². The number of fused-ring (bicyclic) bond motifs is 1. The summed E-state index contributed by atoms with van der Waals surface area (Å²) < 4.78 is 19.0. The van der Waals surface area contributed by atoms with Crippen LogP contribution in [0.4, 0.5) is 5.69 Å². The molecule has 2 heterocycles. The largest absolute Gasteiger partial charge is 0.460 e. The molecule has 0 bridgehead atoms. The Labute approximate surface area is 342 Å². The molecular formula is C44H64N4O8S. The van der Waals surface area contributed by atoms with Crippen LogP contribution in [0.25, 0.3) is 10.2 Å². The molecule has 0 saturated heterocycles. The van der Waals surface area contributed by atoms with Gasteiger partial charge < -0.3 is 34.3 Å². The van der Waals surface area contributed by atoms with E-state index in [2.05, 4.69) is 29.7 Å². The van der Waals surface area contributed by atoms with E-state index < -0.39 is 5.60 Å².